The van der Waals surface area contributed by atoms with Crippen molar-refractivity contribution in [1.82, 2.24) is 4.98 Å². The van der Waals surface area contributed by atoms with Gasteiger partial charge in [-0.05, 0) is 37.0 Å². The molecule has 1 aromatic rings. The van der Waals surface area contributed by atoms with Crippen molar-refractivity contribution in [3.63, 3.8) is 0 Å². The van der Waals surface area contributed by atoms with E-state index in [1.54, 1.807) is 0 Å². The first kappa shape index (κ1) is 12.9. The highest BCUT2D eigenvalue weighted by Gasteiger charge is 2.15. The Morgan fingerprint density at radius 2 is 2.28 bits per heavy atom. The van der Waals surface area contributed by atoms with Gasteiger partial charge in [0.1, 0.15) is 6.10 Å². The highest BCUT2D eigenvalue weighted by atomic mass is 16.3. The molecule has 1 heterocycles. The van der Waals surface area contributed by atoms with Gasteiger partial charge >= 0.3 is 0 Å². The van der Waals surface area contributed by atoms with Crippen molar-refractivity contribution in [3.8, 4) is 0 Å². The Bertz CT molecular complexity index is 465. The zero-order valence-electron chi connectivity index (χ0n) is 11.1. The van der Waals surface area contributed by atoms with Gasteiger partial charge < -0.3 is 10.1 Å². The first-order valence-electron chi connectivity index (χ1n) is 6.60. The van der Waals surface area contributed by atoms with Gasteiger partial charge in [-0.15, -0.1) is 0 Å². The lowest BCUT2D eigenvalue weighted by Crippen LogP contribution is -2.02. The van der Waals surface area contributed by atoms with Gasteiger partial charge in [-0.3, -0.25) is 0 Å². The van der Waals surface area contributed by atoms with Gasteiger partial charge in [0.15, 0.2) is 0 Å². The molecule has 2 rings (SSSR count). The van der Waals surface area contributed by atoms with E-state index in [-0.39, 0.29) is 0 Å². The summed E-state index contributed by atoms with van der Waals surface area (Å²) in [6.45, 7) is 4.35. The molecule has 0 bridgehead atoms. The van der Waals surface area contributed by atoms with E-state index in [9.17, 15) is 5.11 Å². The Balaban J connectivity index is 2.20. The first-order chi connectivity index (χ1) is 8.72. The molecule has 96 valence electrons. The molecule has 0 saturated carbocycles. The number of allylic oxidation sites excluding steroid dienone is 4. The van der Waals surface area contributed by atoms with Crippen molar-refractivity contribution < 1.29 is 5.11 Å². The molecule has 18 heavy (non-hydrogen) atoms. The first-order valence-corrected chi connectivity index (χ1v) is 6.60. The molecule has 0 fully saturated rings. The van der Waals surface area contributed by atoms with Crippen molar-refractivity contribution in [2.24, 2.45) is 5.92 Å². The average Bonchev–Trinajstić information content (AvgIpc) is 2.83. The number of hydrogen-bond acceptors (Lipinski definition) is 1. The van der Waals surface area contributed by atoms with E-state index in [2.05, 4.69) is 37.1 Å². The number of rotatable bonds is 4. The Hall–Kier alpha value is -1.54. The summed E-state index contributed by atoms with van der Waals surface area (Å²) in [6.07, 6.45) is 12.0. The SMILES string of the molecule is CCCC1C=CC=C(C(O)c2ccc[nH]2)C=C1C. The molecule has 0 radical (unpaired) electrons. The van der Waals surface area contributed by atoms with Crippen LogP contribution in [-0.2, 0) is 0 Å². The number of aromatic amines is 1. The number of aliphatic hydroxyl groups excluding tert-OH is 1. The molecule has 0 saturated heterocycles. The van der Waals surface area contributed by atoms with Gasteiger partial charge in [-0.25, -0.2) is 0 Å². The van der Waals surface area contributed by atoms with E-state index in [1.807, 2.05) is 24.4 Å². The zero-order chi connectivity index (χ0) is 13.0. The second kappa shape index (κ2) is 5.87. The van der Waals surface area contributed by atoms with Gasteiger partial charge in [-0.1, -0.05) is 43.2 Å². The van der Waals surface area contributed by atoms with E-state index in [0.29, 0.717) is 5.92 Å². The number of H-pyrrole nitrogens is 1. The minimum absolute atomic E-state index is 0.500. The van der Waals surface area contributed by atoms with Crippen molar-refractivity contribution in [2.75, 3.05) is 0 Å². The standard InChI is InChI=1S/C16H21NO/c1-3-6-13-7-4-8-14(11-12(13)2)16(18)15-9-5-10-17-15/h4-5,7-11,13,16-18H,3,6H2,1-2H3. The molecule has 2 nitrogen and oxygen atoms in total. The van der Waals surface area contributed by atoms with Gasteiger partial charge in [0, 0.05) is 11.9 Å². The minimum atomic E-state index is -0.569. The van der Waals surface area contributed by atoms with Gasteiger partial charge in [0.2, 0.25) is 0 Å². The Morgan fingerprint density at radius 1 is 1.44 bits per heavy atom. The lowest BCUT2D eigenvalue weighted by molar-refractivity contribution is 0.215. The number of nitrogens with one attached hydrogen (secondary N) is 1. The van der Waals surface area contributed by atoms with Crippen LogP contribution in [-0.4, -0.2) is 10.1 Å². The lowest BCUT2D eigenvalue weighted by Gasteiger charge is -2.13. The van der Waals surface area contributed by atoms with Gasteiger partial charge in [0.05, 0.1) is 0 Å². The van der Waals surface area contributed by atoms with Crippen LogP contribution in [0, 0.1) is 5.92 Å². The van der Waals surface area contributed by atoms with Crippen LogP contribution < -0.4 is 0 Å². The van der Waals surface area contributed by atoms with Crippen molar-refractivity contribution in [3.05, 3.63) is 59.5 Å². The Kier molecular flexibility index (Phi) is 4.21. The summed E-state index contributed by atoms with van der Waals surface area (Å²) >= 11 is 0. The summed E-state index contributed by atoms with van der Waals surface area (Å²) in [5.41, 5.74) is 3.11. The molecule has 1 aromatic heterocycles. The molecule has 0 amide bonds. The van der Waals surface area contributed by atoms with Crippen LogP contribution in [0.25, 0.3) is 0 Å². The van der Waals surface area contributed by atoms with Crippen LogP contribution in [0.15, 0.2) is 53.8 Å². The molecule has 1 aliphatic carbocycles. The Morgan fingerprint density at radius 3 is 2.94 bits per heavy atom. The van der Waals surface area contributed by atoms with Crippen LogP contribution in [0.3, 0.4) is 0 Å². The summed E-state index contributed by atoms with van der Waals surface area (Å²) in [5.74, 6) is 0.500. The summed E-state index contributed by atoms with van der Waals surface area (Å²) in [6, 6.07) is 3.81. The van der Waals surface area contributed by atoms with Crippen molar-refractivity contribution in [2.45, 2.75) is 32.8 Å². The maximum absolute atomic E-state index is 10.3. The summed E-state index contributed by atoms with van der Waals surface area (Å²) in [5, 5.41) is 10.3. The number of hydrogen-bond donors (Lipinski definition) is 2. The summed E-state index contributed by atoms with van der Waals surface area (Å²) in [4.78, 5) is 3.06. The molecule has 2 N–H and O–H groups in total. The molecular weight excluding hydrogens is 222 g/mol. The Labute approximate surface area is 109 Å². The normalized spacial score (nSPS) is 21.2. The van der Waals surface area contributed by atoms with E-state index in [0.717, 1.165) is 11.3 Å². The maximum atomic E-state index is 10.3. The third kappa shape index (κ3) is 2.82. The van der Waals surface area contributed by atoms with E-state index >= 15 is 0 Å². The molecular formula is C16H21NO. The highest BCUT2D eigenvalue weighted by molar-refractivity contribution is 5.37. The fourth-order valence-electron chi connectivity index (χ4n) is 2.37. The number of aromatic nitrogens is 1. The van der Waals surface area contributed by atoms with Gasteiger partial charge in [-0.2, -0.15) is 0 Å². The molecule has 0 aromatic carbocycles. The number of aliphatic hydroxyl groups is 1. The molecule has 2 atom stereocenters. The zero-order valence-corrected chi connectivity index (χ0v) is 11.1. The van der Waals surface area contributed by atoms with Crippen LogP contribution in [0.2, 0.25) is 0 Å². The summed E-state index contributed by atoms with van der Waals surface area (Å²) < 4.78 is 0. The minimum Gasteiger partial charge on any atom is -0.382 e. The predicted molar refractivity (Wildman–Crippen MR) is 75.1 cm³/mol. The van der Waals surface area contributed by atoms with E-state index < -0.39 is 6.10 Å². The van der Waals surface area contributed by atoms with Gasteiger partial charge in [0.25, 0.3) is 0 Å². The quantitative estimate of drug-likeness (QED) is 0.826. The van der Waals surface area contributed by atoms with E-state index in [1.165, 1.54) is 18.4 Å². The van der Waals surface area contributed by atoms with Crippen LogP contribution in [0.5, 0.6) is 0 Å². The molecule has 2 heteroatoms. The van der Waals surface area contributed by atoms with Crippen molar-refractivity contribution in [1.29, 1.82) is 0 Å². The largest absolute Gasteiger partial charge is 0.382 e. The van der Waals surface area contributed by atoms with Crippen LogP contribution in [0.1, 0.15) is 38.5 Å². The third-order valence-corrected chi connectivity index (χ3v) is 3.44. The highest BCUT2D eigenvalue weighted by Crippen LogP contribution is 2.28. The fraction of sp³-hybridized carbons (Fsp3) is 0.375. The molecule has 0 spiro atoms. The fourth-order valence-corrected chi connectivity index (χ4v) is 2.37. The monoisotopic (exact) mass is 243 g/mol. The molecule has 0 aliphatic heterocycles. The predicted octanol–water partition coefficient (Wildman–Crippen LogP) is 3.91. The van der Waals surface area contributed by atoms with Crippen LogP contribution >= 0.6 is 0 Å². The van der Waals surface area contributed by atoms with Crippen LogP contribution in [0.4, 0.5) is 0 Å². The molecule has 2 unspecified atom stereocenters. The smallest absolute Gasteiger partial charge is 0.119 e. The average molecular weight is 243 g/mol. The summed E-state index contributed by atoms with van der Waals surface area (Å²) in [7, 11) is 0. The van der Waals surface area contributed by atoms with E-state index in [4.69, 9.17) is 0 Å². The molecule has 1 aliphatic rings. The van der Waals surface area contributed by atoms with Crippen molar-refractivity contribution >= 4 is 0 Å². The topological polar surface area (TPSA) is 36.0 Å². The second-order valence-corrected chi connectivity index (χ2v) is 4.86. The lowest BCUT2D eigenvalue weighted by atomic mass is 9.94. The third-order valence-electron chi connectivity index (χ3n) is 3.44. The second-order valence-electron chi connectivity index (χ2n) is 4.86. The maximum Gasteiger partial charge on any atom is 0.119 e.